The number of carbonyl (C=O) groups is 1. The molecule has 27 heavy (non-hydrogen) atoms. The maximum absolute atomic E-state index is 12.8. The summed E-state index contributed by atoms with van der Waals surface area (Å²) in [5.74, 6) is 0.433. The number of anilines is 2. The molecule has 1 fully saturated rings. The molecule has 1 saturated heterocycles. The number of rotatable bonds is 5. The van der Waals surface area contributed by atoms with Crippen LogP contribution in [0.5, 0.6) is 0 Å². The molecule has 1 aliphatic rings. The van der Waals surface area contributed by atoms with E-state index >= 15 is 0 Å². The van der Waals surface area contributed by atoms with Gasteiger partial charge in [0.15, 0.2) is 9.84 Å². The fourth-order valence-electron chi connectivity index (χ4n) is 3.18. The number of aromatic nitrogens is 1. The first kappa shape index (κ1) is 18.9. The molecular formula is C19H20N4O3S. The Balaban J connectivity index is 1.74. The Morgan fingerprint density at radius 3 is 2.70 bits per heavy atom. The van der Waals surface area contributed by atoms with Crippen LogP contribution in [-0.2, 0) is 9.84 Å². The number of pyridine rings is 1. The number of sulfone groups is 1. The molecule has 2 aromatic rings. The van der Waals surface area contributed by atoms with E-state index in [9.17, 15) is 13.2 Å². The summed E-state index contributed by atoms with van der Waals surface area (Å²) < 4.78 is 23.4. The average molecular weight is 384 g/mol. The number of hydrogen-bond acceptors (Lipinski definition) is 6. The highest BCUT2D eigenvalue weighted by molar-refractivity contribution is 7.91. The lowest BCUT2D eigenvalue weighted by atomic mass is 10.1. The van der Waals surface area contributed by atoms with Gasteiger partial charge in [0.1, 0.15) is 11.9 Å². The highest BCUT2D eigenvalue weighted by Gasteiger charge is 2.34. The second kappa shape index (κ2) is 7.76. The molecule has 140 valence electrons. The summed E-state index contributed by atoms with van der Waals surface area (Å²) in [6.07, 6.45) is 1.94. The lowest BCUT2D eigenvalue weighted by Gasteiger charge is -2.26. The lowest BCUT2D eigenvalue weighted by Crippen LogP contribution is -2.41. The summed E-state index contributed by atoms with van der Waals surface area (Å²) >= 11 is 0. The topological polar surface area (TPSA) is 103 Å². The molecule has 3 rings (SSSR count). The Morgan fingerprint density at radius 2 is 2.11 bits per heavy atom. The van der Waals surface area contributed by atoms with Crippen LogP contribution in [0, 0.1) is 11.3 Å². The smallest absolute Gasteiger partial charge is 0.255 e. The van der Waals surface area contributed by atoms with Crippen molar-refractivity contribution in [3.63, 3.8) is 0 Å². The van der Waals surface area contributed by atoms with Crippen LogP contribution in [0.2, 0.25) is 0 Å². The predicted molar refractivity (Wildman–Crippen MR) is 102 cm³/mol. The van der Waals surface area contributed by atoms with E-state index in [1.54, 1.807) is 35.2 Å². The highest BCUT2D eigenvalue weighted by Crippen LogP contribution is 2.21. The van der Waals surface area contributed by atoms with E-state index in [4.69, 9.17) is 5.26 Å². The van der Waals surface area contributed by atoms with Crippen LogP contribution in [0.15, 0.2) is 42.6 Å². The third kappa shape index (κ3) is 4.26. The number of hydrogen-bond donors (Lipinski definition) is 1. The van der Waals surface area contributed by atoms with E-state index in [2.05, 4.69) is 16.4 Å². The van der Waals surface area contributed by atoms with Gasteiger partial charge in [-0.2, -0.15) is 5.26 Å². The molecule has 1 amide bonds. The van der Waals surface area contributed by atoms with Gasteiger partial charge < -0.3 is 10.2 Å². The first-order valence-corrected chi connectivity index (χ1v) is 10.5. The first-order chi connectivity index (χ1) is 12.9. The van der Waals surface area contributed by atoms with Gasteiger partial charge in [0.25, 0.3) is 5.91 Å². The fourth-order valence-corrected chi connectivity index (χ4v) is 4.91. The van der Waals surface area contributed by atoms with Crippen molar-refractivity contribution in [1.29, 1.82) is 5.26 Å². The summed E-state index contributed by atoms with van der Waals surface area (Å²) in [6.45, 7) is 2.28. The predicted octanol–water partition coefficient (Wildman–Crippen LogP) is 2.35. The van der Waals surface area contributed by atoms with Gasteiger partial charge in [-0.15, -0.1) is 0 Å². The van der Waals surface area contributed by atoms with Gasteiger partial charge in [-0.25, -0.2) is 13.4 Å². The Hall–Kier alpha value is -2.92. The molecule has 0 radical (unpaired) electrons. The van der Waals surface area contributed by atoms with Crippen molar-refractivity contribution < 1.29 is 13.2 Å². The van der Waals surface area contributed by atoms with Crippen LogP contribution >= 0.6 is 0 Å². The second-order valence-electron chi connectivity index (χ2n) is 6.36. The third-order valence-corrected chi connectivity index (χ3v) is 6.32. The van der Waals surface area contributed by atoms with Crippen molar-refractivity contribution in [1.82, 2.24) is 9.88 Å². The minimum atomic E-state index is -3.06. The second-order valence-corrected chi connectivity index (χ2v) is 8.59. The number of para-hydroxylation sites is 1. The first-order valence-electron chi connectivity index (χ1n) is 8.67. The molecule has 1 aliphatic heterocycles. The minimum absolute atomic E-state index is 0.0184. The minimum Gasteiger partial charge on any atom is -0.339 e. The summed E-state index contributed by atoms with van der Waals surface area (Å²) in [5.41, 5.74) is 1.54. The van der Waals surface area contributed by atoms with Gasteiger partial charge in [0.2, 0.25) is 0 Å². The van der Waals surface area contributed by atoms with Gasteiger partial charge >= 0.3 is 0 Å². The zero-order valence-electron chi connectivity index (χ0n) is 14.9. The molecule has 7 nitrogen and oxygen atoms in total. The van der Waals surface area contributed by atoms with Crippen molar-refractivity contribution in [2.45, 2.75) is 19.4 Å². The van der Waals surface area contributed by atoms with Crippen molar-refractivity contribution >= 4 is 27.2 Å². The molecule has 8 heteroatoms. The SMILES string of the molecule is CCN(C(=O)c1ccc(Nc2ccccc2C#N)nc1)C1CCS(=O)(=O)C1. The summed E-state index contributed by atoms with van der Waals surface area (Å²) in [4.78, 5) is 18.6. The molecule has 1 N–H and O–H groups in total. The van der Waals surface area contributed by atoms with E-state index in [1.807, 2.05) is 13.0 Å². The Morgan fingerprint density at radius 1 is 1.33 bits per heavy atom. The number of benzene rings is 1. The number of amides is 1. The number of nitrogens with zero attached hydrogens (tertiary/aromatic N) is 3. The standard InChI is InChI=1S/C19H20N4O3S/c1-2-23(16-9-10-27(25,26)13-16)19(24)15-7-8-18(21-12-15)22-17-6-4-3-5-14(17)11-20/h3-8,12,16H,2,9-10,13H2,1H3,(H,21,22). The summed E-state index contributed by atoms with van der Waals surface area (Å²) in [5, 5.41) is 12.2. The molecule has 2 heterocycles. The molecule has 0 spiro atoms. The zero-order chi connectivity index (χ0) is 19.4. The summed E-state index contributed by atoms with van der Waals surface area (Å²) in [7, 11) is -3.06. The molecular weight excluding hydrogens is 364 g/mol. The van der Waals surface area contributed by atoms with Crippen LogP contribution in [-0.4, -0.2) is 48.3 Å². The quantitative estimate of drug-likeness (QED) is 0.849. The normalized spacial score (nSPS) is 17.9. The molecule has 1 atom stereocenters. The number of nitrogens with one attached hydrogen (secondary N) is 1. The third-order valence-electron chi connectivity index (χ3n) is 4.57. The molecule has 1 unspecified atom stereocenters. The molecule has 1 aromatic heterocycles. The summed E-state index contributed by atoms with van der Waals surface area (Å²) in [6, 6.07) is 12.2. The van der Waals surface area contributed by atoms with E-state index in [-0.39, 0.29) is 23.5 Å². The van der Waals surface area contributed by atoms with Crippen molar-refractivity contribution in [3.05, 3.63) is 53.7 Å². The van der Waals surface area contributed by atoms with Crippen LogP contribution in [0.25, 0.3) is 0 Å². The molecule has 0 bridgehead atoms. The maximum Gasteiger partial charge on any atom is 0.255 e. The van der Waals surface area contributed by atoms with Gasteiger partial charge in [-0.05, 0) is 37.6 Å². The van der Waals surface area contributed by atoms with Crippen molar-refractivity contribution in [2.75, 3.05) is 23.4 Å². The van der Waals surface area contributed by atoms with Crippen LogP contribution in [0.3, 0.4) is 0 Å². The largest absolute Gasteiger partial charge is 0.339 e. The van der Waals surface area contributed by atoms with E-state index in [0.717, 1.165) is 0 Å². The lowest BCUT2D eigenvalue weighted by molar-refractivity contribution is 0.0708. The van der Waals surface area contributed by atoms with Gasteiger partial charge in [0, 0.05) is 18.8 Å². The highest BCUT2D eigenvalue weighted by atomic mass is 32.2. The van der Waals surface area contributed by atoms with E-state index in [1.165, 1.54) is 6.20 Å². The molecule has 0 aliphatic carbocycles. The Labute approximate surface area is 158 Å². The maximum atomic E-state index is 12.8. The number of carbonyl (C=O) groups excluding carboxylic acids is 1. The zero-order valence-corrected chi connectivity index (χ0v) is 15.7. The molecule has 0 saturated carbocycles. The molecule has 1 aromatic carbocycles. The Bertz CT molecular complexity index is 981. The fraction of sp³-hybridized carbons (Fsp3) is 0.316. The van der Waals surface area contributed by atoms with Crippen molar-refractivity contribution in [2.24, 2.45) is 0 Å². The van der Waals surface area contributed by atoms with Crippen LogP contribution < -0.4 is 5.32 Å². The van der Waals surface area contributed by atoms with E-state index in [0.29, 0.717) is 35.6 Å². The van der Waals surface area contributed by atoms with Gasteiger partial charge in [0.05, 0.1) is 28.3 Å². The number of nitriles is 1. The van der Waals surface area contributed by atoms with Gasteiger partial charge in [-0.1, -0.05) is 12.1 Å². The monoisotopic (exact) mass is 384 g/mol. The van der Waals surface area contributed by atoms with Crippen LogP contribution in [0.4, 0.5) is 11.5 Å². The van der Waals surface area contributed by atoms with Crippen molar-refractivity contribution in [3.8, 4) is 6.07 Å². The Kier molecular flexibility index (Phi) is 5.42. The average Bonchev–Trinajstić information content (AvgIpc) is 3.03. The van der Waals surface area contributed by atoms with Crippen LogP contribution in [0.1, 0.15) is 29.3 Å². The van der Waals surface area contributed by atoms with Gasteiger partial charge in [-0.3, -0.25) is 4.79 Å². The van der Waals surface area contributed by atoms with E-state index < -0.39 is 9.84 Å².